The minimum Gasteiger partial charge on any atom is -0.481 e. The van der Waals surface area contributed by atoms with Crippen LogP contribution >= 0.6 is 0 Å². The number of hydrogen-bond acceptors (Lipinski definition) is 4. The summed E-state index contributed by atoms with van der Waals surface area (Å²) in [5.41, 5.74) is -5.46. The number of carboxylic acid groups (broad SMARTS) is 1. The lowest BCUT2D eigenvalue weighted by atomic mass is 10.2. The van der Waals surface area contributed by atoms with E-state index in [1.165, 1.54) is 0 Å². The van der Waals surface area contributed by atoms with Gasteiger partial charge in [0.25, 0.3) is 9.84 Å². The zero-order valence-electron chi connectivity index (χ0n) is 7.28. The van der Waals surface area contributed by atoms with Crippen LogP contribution in [0.5, 0.6) is 0 Å². The summed E-state index contributed by atoms with van der Waals surface area (Å²) < 4.78 is 57.3. The number of carboxylic acids is 1. The average molecular weight is 247 g/mol. The Hall–Kier alpha value is -1.12. The molecular formula is C6H8F3NO4S. The Balaban J connectivity index is 4.83. The fourth-order valence-corrected chi connectivity index (χ4v) is 1.72. The maximum Gasteiger partial charge on any atom is 0.498 e. The van der Waals surface area contributed by atoms with Gasteiger partial charge in [-0.1, -0.05) is 0 Å². The summed E-state index contributed by atoms with van der Waals surface area (Å²) in [5.74, 6) is -1.42. The van der Waals surface area contributed by atoms with Gasteiger partial charge >= 0.3 is 11.5 Å². The highest BCUT2D eigenvalue weighted by molar-refractivity contribution is 7.93. The number of nitrogens with one attached hydrogen (secondary N) is 1. The third kappa shape index (κ3) is 3.50. The van der Waals surface area contributed by atoms with Crippen molar-refractivity contribution in [3.8, 4) is 0 Å². The zero-order chi connectivity index (χ0) is 12.3. The molecule has 5 nitrogen and oxygen atoms in total. The molecule has 0 aliphatic carbocycles. The topological polar surface area (TPSA) is 95.3 Å². The van der Waals surface area contributed by atoms with E-state index in [0.717, 1.165) is 0 Å². The van der Waals surface area contributed by atoms with E-state index >= 15 is 0 Å². The first kappa shape index (κ1) is 13.9. The molecular weight excluding hydrogens is 239 g/mol. The SMILES string of the molecule is N=CC(CCC(=O)O)S(=O)(=O)C(F)(F)F. The van der Waals surface area contributed by atoms with E-state index in [2.05, 4.69) is 0 Å². The first-order valence-electron chi connectivity index (χ1n) is 3.65. The van der Waals surface area contributed by atoms with Crippen molar-refractivity contribution in [1.82, 2.24) is 0 Å². The number of sulfone groups is 1. The summed E-state index contributed by atoms with van der Waals surface area (Å²) in [4.78, 5) is 10.0. The Morgan fingerprint density at radius 2 is 1.93 bits per heavy atom. The molecule has 0 fully saturated rings. The maximum absolute atomic E-state index is 12.0. The second-order valence-corrected chi connectivity index (χ2v) is 4.79. The van der Waals surface area contributed by atoms with Crippen molar-refractivity contribution in [2.45, 2.75) is 23.6 Å². The fourth-order valence-electron chi connectivity index (χ4n) is 0.765. The van der Waals surface area contributed by atoms with Crippen molar-refractivity contribution in [2.24, 2.45) is 0 Å². The lowest BCUT2D eigenvalue weighted by Crippen LogP contribution is -2.35. The van der Waals surface area contributed by atoms with Gasteiger partial charge < -0.3 is 10.5 Å². The summed E-state index contributed by atoms with van der Waals surface area (Å²) >= 11 is 0. The minimum atomic E-state index is -5.49. The van der Waals surface area contributed by atoms with Crippen LogP contribution in [0.1, 0.15) is 12.8 Å². The molecule has 9 heteroatoms. The summed E-state index contributed by atoms with van der Waals surface area (Å²) in [7, 11) is -5.49. The first-order valence-corrected chi connectivity index (χ1v) is 5.20. The lowest BCUT2D eigenvalue weighted by molar-refractivity contribution is -0.137. The molecule has 0 amide bonds. The highest BCUT2D eigenvalue weighted by atomic mass is 32.2. The number of carbonyl (C=O) groups is 1. The molecule has 1 atom stereocenters. The maximum atomic E-state index is 12.0. The van der Waals surface area contributed by atoms with Crippen molar-refractivity contribution in [1.29, 1.82) is 5.41 Å². The van der Waals surface area contributed by atoms with Crippen LogP contribution in [-0.2, 0) is 14.6 Å². The molecule has 0 aromatic heterocycles. The smallest absolute Gasteiger partial charge is 0.481 e. The van der Waals surface area contributed by atoms with Crippen LogP contribution in [-0.4, -0.2) is 36.5 Å². The molecule has 0 aromatic carbocycles. The highest BCUT2D eigenvalue weighted by Gasteiger charge is 2.49. The Morgan fingerprint density at radius 1 is 1.47 bits per heavy atom. The van der Waals surface area contributed by atoms with Gasteiger partial charge in [-0.25, -0.2) is 8.42 Å². The standard InChI is InChI=1S/C6H8F3NO4S/c7-6(8,9)15(13,14)4(3-10)1-2-5(11)12/h3-4,10H,1-2H2,(H,11,12). The third-order valence-electron chi connectivity index (χ3n) is 1.55. The highest BCUT2D eigenvalue weighted by Crippen LogP contribution is 2.28. The molecule has 0 aromatic rings. The Bertz CT molecular complexity index is 348. The number of halogens is 3. The number of alkyl halides is 3. The second kappa shape index (κ2) is 4.60. The van der Waals surface area contributed by atoms with Crippen LogP contribution in [0.2, 0.25) is 0 Å². The van der Waals surface area contributed by atoms with Gasteiger partial charge in [-0.3, -0.25) is 4.79 Å². The molecule has 88 valence electrons. The van der Waals surface area contributed by atoms with Crippen molar-refractivity contribution in [3.63, 3.8) is 0 Å². The van der Waals surface area contributed by atoms with Gasteiger partial charge in [0, 0.05) is 12.6 Å². The summed E-state index contributed by atoms with van der Waals surface area (Å²) in [6.45, 7) is 0. The fraction of sp³-hybridized carbons (Fsp3) is 0.667. The molecule has 0 rings (SSSR count). The molecule has 0 aliphatic heterocycles. The molecule has 0 radical (unpaired) electrons. The zero-order valence-corrected chi connectivity index (χ0v) is 8.10. The quantitative estimate of drug-likeness (QED) is 0.702. The van der Waals surface area contributed by atoms with E-state index in [1.807, 2.05) is 0 Å². The van der Waals surface area contributed by atoms with Gasteiger partial charge in [-0.05, 0) is 6.42 Å². The van der Waals surface area contributed by atoms with Gasteiger partial charge in [-0.15, -0.1) is 0 Å². The van der Waals surface area contributed by atoms with Gasteiger partial charge in [0.05, 0.1) is 0 Å². The summed E-state index contributed by atoms with van der Waals surface area (Å²) in [5, 5.41) is 12.6. The van der Waals surface area contributed by atoms with Gasteiger partial charge in [0.15, 0.2) is 0 Å². The van der Waals surface area contributed by atoms with Crippen molar-refractivity contribution < 1.29 is 31.5 Å². The third-order valence-corrected chi connectivity index (χ3v) is 3.36. The average Bonchev–Trinajstić information content (AvgIpc) is 2.02. The number of aliphatic carboxylic acids is 1. The van der Waals surface area contributed by atoms with E-state index in [9.17, 15) is 26.4 Å². The first-order chi connectivity index (χ1) is 6.63. The number of hydrogen-bond donors (Lipinski definition) is 2. The molecule has 0 heterocycles. The van der Waals surface area contributed by atoms with E-state index in [4.69, 9.17) is 10.5 Å². The lowest BCUT2D eigenvalue weighted by Gasteiger charge is -2.13. The van der Waals surface area contributed by atoms with Crippen LogP contribution in [0.15, 0.2) is 0 Å². The van der Waals surface area contributed by atoms with Crippen molar-refractivity contribution in [2.75, 3.05) is 0 Å². The molecule has 0 aliphatic rings. The monoisotopic (exact) mass is 247 g/mol. The minimum absolute atomic E-state index is 0.0891. The van der Waals surface area contributed by atoms with Crippen molar-refractivity contribution in [3.05, 3.63) is 0 Å². The van der Waals surface area contributed by atoms with Gasteiger partial charge in [0.2, 0.25) is 0 Å². The predicted octanol–water partition coefficient (Wildman–Crippen LogP) is 0.804. The Morgan fingerprint density at radius 3 is 2.20 bits per heavy atom. The van der Waals surface area contributed by atoms with Crippen LogP contribution in [0, 0.1) is 5.41 Å². The molecule has 0 saturated heterocycles. The van der Waals surface area contributed by atoms with E-state index < -0.39 is 39.4 Å². The van der Waals surface area contributed by atoms with Gasteiger partial charge in [0.1, 0.15) is 5.25 Å². The van der Waals surface area contributed by atoms with Crippen molar-refractivity contribution >= 4 is 22.0 Å². The molecule has 1 unspecified atom stereocenters. The van der Waals surface area contributed by atoms with E-state index in [-0.39, 0.29) is 6.21 Å². The normalized spacial score (nSPS) is 14.6. The Labute approximate surface area is 83.3 Å². The molecule has 0 bridgehead atoms. The second-order valence-electron chi connectivity index (χ2n) is 2.63. The van der Waals surface area contributed by atoms with E-state index in [0.29, 0.717) is 0 Å². The van der Waals surface area contributed by atoms with Gasteiger partial charge in [-0.2, -0.15) is 13.2 Å². The largest absolute Gasteiger partial charge is 0.498 e. The van der Waals surface area contributed by atoms with Crippen LogP contribution in [0.3, 0.4) is 0 Å². The number of rotatable bonds is 5. The van der Waals surface area contributed by atoms with Crippen LogP contribution in [0.25, 0.3) is 0 Å². The van der Waals surface area contributed by atoms with Crippen LogP contribution < -0.4 is 0 Å². The van der Waals surface area contributed by atoms with E-state index in [1.54, 1.807) is 0 Å². The molecule has 15 heavy (non-hydrogen) atoms. The summed E-state index contributed by atoms with van der Waals surface area (Å²) in [6.07, 6.45) is -1.41. The summed E-state index contributed by atoms with van der Waals surface area (Å²) in [6, 6.07) is 0. The molecule has 0 saturated carbocycles. The molecule has 0 spiro atoms. The Kier molecular flexibility index (Phi) is 4.26. The predicted molar refractivity (Wildman–Crippen MR) is 44.4 cm³/mol. The van der Waals surface area contributed by atoms with Crippen LogP contribution in [0.4, 0.5) is 13.2 Å². The molecule has 2 N–H and O–H groups in total.